The summed E-state index contributed by atoms with van der Waals surface area (Å²) < 4.78 is 39.3. The van der Waals surface area contributed by atoms with E-state index in [0.29, 0.717) is 25.9 Å². The number of halogens is 4. The van der Waals surface area contributed by atoms with Crippen molar-refractivity contribution in [1.29, 1.82) is 0 Å². The lowest BCUT2D eigenvalue weighted by Crippen LogP contribution is -2.42. The second kappa shape index (κ2) is 6.86. The van der Waals surface area contributed by atoms with Crippen LogP contribution in [-0.2, 0) is 15.8 Å². The number of piperidine rings is 1. The summed E-state index contributed by atoms with van der Waals surface area (Å²) in [6, 6.07) is 3.27. The number of rotatable bonds is 3. The Hall–Kier alpha value is -1.76. The van der Waals surface area contributed by atoms with Gasteiger partial charge < -0.3 is 10.2 Å². The maximum Gasteiger partial charge on any atom is 0.418 e. The van der Waals surface area contributed by atoms with Crippen LogP contribution in [0.15, 0.2) is 18.2 Å². The molecule has 1 heterocycles. The van der Waals surface area contributed by atoms with Gasteiger partial charge in [0.1, 0.15) is 0 Å². The van der Waals surface area contributed by atoms with Crippen LogP contribution in [0.2, 0.25) is 5.02 Å². The molecule has 1 aromatic carbocycles. The number of benzene rings is 1. The Bertz CT molecular complexity index is 681. The molecule has 8 heteroatoms. The fourth-order valence-corrected chi connectivity index (χ4v) is 3.22. The third-order valence-electron chi connectivity index (χ3n) is 4.65. The third-order valence-corrected chi connectivity index (χ3v) is 4.88. The number of likely N-dealkylation sites (tertiary alicyclic amines) is 1. The molecular weight excluding hydrogens is 357 g/mol. The number of nitrogens with one attached hydrogen (secondary N) is 1. The molecule has 0 unspecified atom stereocenters. The van der Waals surface area contributed by atoms with E-state index in [9.17, 15) is 22.8 Å². The molecule has 0 spiro atoms. The lowest BCUT2D eigenvalue weighted by Gasteiger charge is -2.31. The molecule has 1 aliphatic carbocycles. The van der Waals surface area contributed by atoms with Crippen molar-refractivity contribution in [1.82, 2.24) is 4.90 Å². The summed E-state index contributed by atoms with van der Waals surface area (Å²) in [5.41, 5.74) is -1.26. The number of amides is 2. The van der Waals surface area contributed by atoms with Crippen LogP contribution >= 0.6 is 11.6 Å². The number of carbonyl (C=O) groups excluding carboxylic acids is 2. The zero-order valence-corrected chi connectivity index (χ0v) is 14.2. The van der Waals surface area contributed by atoms with Crippen molar-refractivity contribution < 1.29 is 22.8 Å². The van der Waals surface area contributed by atoms with Crippen molar-refractivity contribution in [2.75, 3.05) is 18.4 Å². The number of alkyl halides is 3. The molecule has 25 heavy (non-hydrogen) atoms. The van der Waals surface area contributed by atoms with Gasteiger partial charge in [0.25, 0.3) is 0 Å². The maximum atomic E-state index is 13.1. The van der Waals surface area contributed by atoms with Gasteiger partial charge >= 0.3 is 6.18 Å². The molecule has 1 saturated heterocycles. The van der Waals surface area contributed by atoms with Gasteiger partial charge in [-0.1, -0.05) is 11.6 Å². The number of nitrogens with zero attached hydrogens (tertiary/aromatic N) is 1. The Morgan fingerprint density at radius 2 is 1.72 bits per heavy atom. The summed E-state index contributed by atoms with van der Waals surface area (Å²) >= 11 is 5.63. The first kappa shape index (κ1) is 18.0. The monoisotopic (exact) mass is 374 g/mol. The van der Waals surface area contributed by atoms with Gasteiger partial charge in [0.05, 0.1) is 11.3 Å². The van der Waals surface area contributed by atoms with Gasteiger partial charge in [-0.15, -0.1) is 0 Å². The number of anilines is 1. The Labute approximate surface area is 148 Å². The van der Waals surface area contributed by atoms with Crippen LogP contribution in [0, 0.1) is 11.8 Å². The molecule has 0 bridgehead atoms. The molecule has 0 aromatic heterocycles. The minimum absolute atomic E-state index is 0.0442. The van der Waals surface area contributed by atoms with E-state index in [1.54, 1.807) is 4.90 Å². The zero-order chi connectivity index (χ0) is 18.2. The highest BCUT2D eigenvalue weighted by Crippen LogP contribution is 2.37. The van der Waals surface area contributed by atoms with E-state index in [1.165, 1.54) is 6.07 Å². The average Bonchev–Trinajstić information content (AvgIpc) is 3.40. The van der Waals surface area contributed by atoms with Crippen LogP contribution in [0.25, 0.3) is 0 Å². The Morgan fingerprint density at radius 3 is 2.28 bits per heavy atom. The second-order valence-electron chi connectivity index (χ2n) is 6.55. The quantitative estimate of drug-likeness (QED) is 0.871. The third kappa shape index (κ3) is 4.26. The standard InChI is InChI=1S/C17H18ClF3N2O2/c18-12-3-4-14(13(9-12)17(19,20)21)22-15(24)10-5-7-23(8-6-10)16(25)11-1-2-11/h3-4,9-11H,1-2,5-8H2,(H,22,24). The lowest BCUT2D eigenvalue weighted by molar-refractivity contribution is -0.137. The van der Waals surface area contributed by atoms with Gasteiger partial charge in [-0.3, -0.25) is 9.59 Å². The highest BCUT2D eigenvalue weighted by atomic mass is 35.5. The highest BCUT2D eigenvalue weighted by molar-refractivity contribution is 6.30. The smallest absolute Gasteiger partial charge is 0.342 e. The van der Waals surface area contributed by atoms with Gasteiger partial charge in [0.2, 0.25) is 11.8 Å². The molecular formula is C17H18ClF3N2O2. The van der Waals surface area contributed by atoms with E-state index in [1.807, 2.05) is 0 Å². The fraction of sp³-hybridized carbons (Fsp3) is 0.529. The number of carbonyl (C=O) groups is 2. The molecule has 3 rings (SSSR count). The van der Waals surface area contributed by atoms with Crippen LogP contribution in [0.3, 0.4) is 0 Å². The van der Waals surface area contributed by atoms with E-state index in [2.05, 4.69) is 5.32 Å². The van der Waals surface area contributed by atoms with E-state index >= 15 is 0 Å². The van der Waals surface area contributed by atoms with Gasteiger partial charge in [-0.05, 0) is 43.9 Å². The predicted octanol–water partition coefficient (Wildman–Crippen LogP) is 3.95. The van der Waals surface area contributed by atoms with Gasteiger partial charge in [0.15, 0.2) is 0 Å². The van der Waals surface area contributed by atoms with Crippen molar-refractivity contribution in [2.24, 2.45) is 11.8 Å². The average molecular weight is 375 g/mol. The lowest BCUT2D eigenvalue weighted by atomic mass is 9.95. The van der Waals surface area contributed by atoms with Crippen molar-refractivity contribution in [3.05, 3.63) is 28.8 Å². The molecule has 2 amide bonds. The van der Waals surface area contributed by atoms with Crippen molar-refractivity contribution in [3.63, 3.8) is 0 Å². The van der Waals surface area contributed by atoms with Crippen LogP contribution in [0.1, 0.15) is 31.2 Å². The molecule has 1 aliphatic heterocycles. The van der Waals surface area contributed by atoms with Crippen molar-refractivity contribution in [2.45, 2.75) is 31.9 Å². The van der Waals surface area contributed by atoms with E-state index in [-0.39, 0.29) is 22.5 Å². The van der Waals surface area contributed by atoms with Gasteiger partial charge in [0, 0.05) is 29.9 Å². The van der Waals surface area contributed by atoms with Crippen molar-refractivity contribution in [3.8, 4) is 0 Å². The molecule has 136 valence electrons. The zero-order valence-electron chi connectivity index (χ0n) is 13.4. The van der Waals surface area contributed by atoms with Crippen LogP contribution < -0.4 is 5.32 Å². The summed E-state index contributed by atoms with van der Waals surface area (Å²) in [6.45, 7) is 0.945. The Balaban J connectivity index is 1.62. The summed E-state index contributed by atoms with van der Waals surface area (Å²) in [5, 5.41) is 2.33. The summed E-state index contributed by atoms with van der Waals surface area (Å²) in [4.78, 5) is 26.1. The minimum atomic E-state index is -4.60. The first-order valence-corrected chi connectivity index (χ1v) is 8.60. The first-order valence-electron chi connectivity index (χ1n) is 8.22. The second-order valence-corrected chi connectivity index (χ2v) is 6.99. The topological polar surface area (TPSA) is 49.4 Å². The largest absolute Gasteiger partial charge is 0.418 e. The van der Waals surface area contributed by atoms with Gasteiger partial charge in [-0.2, -0.15) is 13.2 Å². The molecule has 0 radical (unpaired) electrons. The van der Waals surface area contributed by atoms with Crippen LogP contribution in [0.4, 0.5) is 18.9 Å². The Morgan fingerprint density at radius 1 is 1.08 bits per heavy atom. The molecule has 4 nitrogen and oxygen atoms in total. The minimum Gasteiger partial charge on any atom is -0.342 e. The van der Waals surface area contributed by atoms with Crippen molar-refractivity contribution >= 4 is 29.1 Å². The SMILES string of the molecule is O=C(Nc1ccc(Cl)cc1C(F)(F)F)C1CCN(C(=O)C2CC2)CC1. The normalized spacial score (nSPS) is 19.0. The molecule has 0 atom stereocenters. The first-order chi connectivity index (χ1) is 11.8. The van der Waals surface area contributed by atoms with Crippen LogP contribution in [-0.4, -0.2) is 29.8 Å². The summed E-state index contributed by atoms with van der Waals surface area (Å²) in [5.74, 6) is -0.587. The molecule has 2 fully saturated rings. The Kier molecular flexibility index (Phi) is 4.95. The molecule has 1 aromatic rings. The summed E-state index contributed by atoms with van der Waals surface area (Å²) in [6.07, 6.45) is -1.84. The van der Waals surface area contributed by atoms with Gasteiger partial charge in [-0.25, -0.2) is 0 Å². The number of hydrogen-bond donors (Lipinski definition) is 1. The maximum absolute atomic E-state index is 13.1. The van der Waals surface area contributed by atoms with E-state index in [4.69, 9.17) is 11.6 Å². The number of hydrogen-bond acceptors (Lipinski definition) is 2. The fourth-order valence-electron chi connectivity index (χ4n) is 3.05. The molecule has 1 saturated carbocycles. The molecule has 2 aliphatic rings. The molecule has 1 N–H and O–H groups in total. The van der Waals surface area contributed by atoms with E-state index < -0.39 is 23.6 Å². The predicted molar refractivity (Wildman–Crippen MR) is 87.1 cm³/mol. The summed E-state index contributed by atoms with van der Waals surface area (Å²) in [7, 11) is 0. The van der Waals surface area contributed by atoms with Crippen LogP contribution in [0.5, 0.6) is 0 Å². The highest BCUT2D eigenvalue weighted by Gasteiger charge is 2.37. The van der Waals surface area contributed by atoms with E-state index in [0.717, 1.165) is 25.0 Å².